The molecule has 0 bridgehead atoms. The molecule has 0 saturated carbocycles. The molecule has 1 aliphatic heterocycles. The minimum atomic E-state index is -0.105. The average molecular weight is 372 g/mol. The molecule has 0 spiro atoms. The van der Waals surface area contributed by atoms with Gasteiger partial charge in [-0.2, -0.15) is 9.97 Å². The molecule has 8 nitrogen and oxygen atoms in total. The highest BCUT2D eigenvalue weighted by molar-refractivity contribution is 6.28. The SMILES string of the molecule is O=C(NCc1cccnc1)[C@H]1CCCN(c2nc(Cl)nc3nc[nH]c23)C1. The lowest BCUT2D eigenvalue weighted by Crippen LogP contribution is -2.43. The Bertz CT molecular complexity index is 914. The summed E-state index contributed by atoms with van der Waals surface area (Å²) in [4.78, 5) is 34.4. The van der Waals surface area contributed by atoms with E-state index >= 15 is 0 Å². The summed E-state index contributed by atoms with van der Waals surface area (Å²) in [7, 11) is 0. The first-order chi connectivity index (χ1) is 12.7. The Hall–Kier alpha value is -2.74. The zero-order valence-electron chi connectivity index (χ0n) is 14.0. The maximum absolute atomic E-state index is 12.6. The molecule has 1 atom stereocenters. The number of fused-ring (bicyclic) bond motifs is 1. The summed E-state index contributed by atoms with van der Waals surface area (Å²) in [5.74, 6) is 0.633. The number of rotatable bonds is 4. The molecule has 1 aliphatic rings. The van der Waals surface area contributed by atoms with Crippen LogP contribution in [0.3, 0.4) is 0 Å². The van der Waals surface area contributed by atoms with Crippen molar-refractivity contribution >= 4 is 34.5 Å². The number of nitrogens with one attached hydrogen (secondary N) is 2. The molecule has 2 N–H and O–H groups in total. The van der Waals surface area contributed by atoms with Gasteiger partial charge in [0.1, 0.15) is 5.52 Å². The van der Waals surface area contributed by atoms with Crippen molar-refractivity contribution in [1.29, 1.82) is 0 Å². The summed E-state index contributed by atoms with van der Waals surface area (Å²) in [6.07, 6.45) is 6.79. The number of anilines is 1. The first-order valence-electron chi connectivity index (χ1n) is 8.49. The Morgan fingerprint density at radius 3 is 3.19 bits per heavy atom. The molecule has 3 aromatic rings. The summed E-state index contributed by atoms with van der Waals surface area (Å²) < 4.78 is 0. The Balaban J connectivity index is 1.47. The standard InChI is InChI=1S/C17H18ClN7O/c18-17-23-14-13(21-10-22-14)15(24-17)25-6-2-4-12(9-25)16(26)20-8-11-3-1-5-19-7-11/h1,3,5,7,10,12H,2,4,6,8-9H2,(H,20,26)(H,21,22,23,24)/t12-/m0/s1. The fourth-order valence-electron chi connectivity index (χ4n) is 3.24. The first-order valence-corrected chi connectivity index (χ1v) is 8.86. The van der Waals surface area contributed by atoms with Crippen molar-refractivity contribution in [2.75, 3.05) is 18.0 Å². The maximum atomic E-state index is 12.6. The molecular weight excluding hydrogens is 354 g/mol. The van der Waals surface area contributed by atoms with E-state index in [0.717, 1.165) is 30.5 Å². The number of halogens is 1. The number of carbonyl (C=O) groups excluding carboxylic acids is 1. The summed E-state index contributed by atoms with van der Waals surface area (Å²) in [6, 6.07) is 3.80. The highest BCUT2D eigenvalue weighted by Gasteiger charge is 2.28. The first kappa shape index (κ1) is 16.7. The van der Waals surface area contributed by atoms with E-state index in [1.807, 2.05) is 12.1 Å². The Kier molecular flexibility index (Phi) is 4.66. The molecule has 4 heterocycles. The van der Waals surface area contributed by atoms with E-state index in [4.69, 9.17) is 11.6 Å². The third-order valence-electron chi connectivity index (χ3n) is 4.52. The predicted octanol–water partition coefficient (Wildman–Crippen LogP) is 1.93. The van der Waals surface area contributed by atoms with Gasteiger partial charge in [-0.3, -0.25) is 9.78 Å². The van der Waals surface area contributed by atoms with E-state index in [0.29, 0.717) is 24.6 Å². The minimum Gasteiger partial charge on any atom is -0.354 e. The van der Waals surface area contributed by atoms with Crippen LogP contribution in [0.2, 0.25) is 5.28 Å². The summed E-state index contributed by atoms with van der Waals surface area (Å²) >= 11 is 6.03. The van der Waals surface area contributed by atoms with Crippen LogP contribution >= 0.6 is 11.6 Å². The van der Waals surface area contributed by atoms with Gasteiger partial charge in [0, 0.05) is 32.0 Å². The fraction of sp³-hybridized carbons (Fsp3) is 0.353. The predicted molar refractivity (Wildman–Crippen MR) is 97.7 cm³/mol. The molecule has 0 aliphatic carbocycles. The van der Waals surface area contributed by atoms with Gasteiger partial charge in [0.05, 0.1) is 12.2 Å². The number of nitrogens with zero attached hydrogens (tertiary/aromatic N) is 5. The topological polar surface area (TPSA) is 99.7 Å². The van der Waals surface area contributed by atoms with Gasteiger partial charge >= 0.3 is 0 Å². The van der Waals surface area contributed by atoms with Crippen LogP contribution in [0.4, 0.5) is 5.82 Å². The second kappa shape index (κ2) is 7.25. The molecule has 1 amide bonds. The third kappa shape index (κ3) is 3.45. The number of amides is 1. The van der Waals surface area contributed by atoms with Crippen molar-refractivity contribution in [1.82, 2.24) is 30.2 Å². The highest BCUT2D eigenvalue weighted by atomic mass is 35.5. The van der Waals surface area contributed by atoms with E-state index in [-0.39, 0.29) is 17.1 Å². The molecule has 1 fully saturated rings. The molecule has 1 saturated heterocycles. The second-order valence-electron chi connectivity index (χ2n) is 6.28. The zero-order valence-corrected chi connectivity index (χ0v) is 14.8. The number of carbonyl (C=O) groups is 1. The van der Waals surface area contributed by atoms with Crippen LogP contribution in [-0.4, -0.2) is 43.9 Å². The Morgan fingerprint density at radius 1 is 1.42 bits per heavy atom. The van der Waals surface area contributed by atoms with E-state index in [2.05, 4.69) is 35.1 Å². The van der Waals surface area contributed by atoms with Crippen LogP contribution < -0.4 is 10.2 Å². The van der Waals surface area contributed by atoms with E-state index in [1.54, 1.807) is 18.7 Å². The summed E-state index contributed by atoms with van der Waals surface area (Å²) in [5, 5.41) is 3.15. The number of aromatic amines is 1. The minimum absolute atomic E-state index is 0.0413. The van der Waals surface area contributed by atoms with Crippen LogP contribution in [0.1, 0.15) is 18.4 Å². The van der Waals surface area contributed by atoms with Crippen LogP contribution in [0, 0.1) is 5.92 Å². The average Bonchev–Trinajstić information content (AvgIpc) is 3.14. The molecule has 26 heavy (non-hydrogen) atoms. The van der Waals surface area contributed by atoms with Crippen molar-refractivity contribution in [2.24, 2.45) is 5.92 Å². The molecule has 0 aromatic carbocycles. The fourth-order valence-corrected chi connectivity index (χ4v) is 3.40. The van der Waals surface area contributed by atoms with Crippen LogP contribution in [-0.2, 0) is 11.3 Å². The van der Waals surface area contributed by atoms with E-state index in [1.165, 1.54) is 0 Å². The van der Waals surface area contributed by atoms with Crippen molar-refractivity contribution in [2.45, 2.75) is 19.4 Å². The molecule has 0 radical (unpaired) electrons. The van der Waals surface area contributed by atoms with E-state index in [9.17, 15) is 4.79 Å². The molecule has 3 aromatic heterocycles. The zero-order chi connectivity index (χ0) is 17.9. The smallest absolute Gasteiger partial charge is 0.226 e. The summed E-state index contributed by atoms with van der Waals surface area (Å²) in [6.45, 7) is 1.88. The van der Waals surface area contributed by atoms with Crippen molar-refractivity contribution in [3.8, 4) is 0 Å². The van der Waals surface area contributed by atoms with Crippen molar-refractivity contribution < 1.29 is 4.79 Å². The van der Waals surface area contributed by atoms with Gasteiger partial charge in [0.2, 0.25) is 11.2 Å². The number of pyridine rings is 1. The number of H-pyrrole nitrogens is 1. The molecular formula is C17H18ClN7O. The molecule has 0 unspecified atom stereocenters. The number of imidazole rings is 1. The largest absolute Gasteiger partial charge is 0.354 e. The van der Waals surface area contributed by atoms with Gasteiger partial charge in [-0.05, 0) is 36.1 Å². The molecule has 9 heteroatoms. The van der Waals surface area contributed by atoms with Crippen molar-refractivity contribution in [3.63, 3.8) is 0 Å². The van der Waals surface area contributed by atoms with E-state index < -0.39 is 0 Å². The lowest BCUT2D eigenvalue weighted by atomic mass is 9.97. The maximum Gasteiger partial charge on any atom is 0.226 e. The quantitative estimate of drug-likeness (QED) is 0.680. The Morgan fingerprint density at radius 2 is 2.35 bits per heavy atom. The Labute approximate surface area is 155 Å². The molecule has 134 valence electrons. The number of hydrogen-bond acceptors (Lipinski definition) is 6. The van der Waals surface area contributed by atoms with Gasteiger partial charge in [-0.25, -0.2) is 4.98 Å². The highest BCUT2D eigenvalue weighted by Crippen LogP contribution is 2.27. The van der Waals surface area contributed by atoms with Crippen LogP contribution in [0.25, 0.3) is 11.2 Å². The molecule has 4 rings (SSSR count). The monoisotopic (exact) mass is 371 g/mol. The normalized spacial score (nSPS) is 17.4. The number of aromatic nitrogens is 5. The van der Waals surface area contributed by atoms with Gasteiger partial charge in [0.15, 0.2) is 11.5 Å². The number of hydrogen-bond donors (Lipinski definition) is 2. The summed E-state index contributed by atoms with van der Waals surface area (Å²) in [5.41, 5.74) is 2.25. The van der Waals surface area contributed by atoms with Crippen molar-refractivity contribution in [3.05, 3.63) is 41.7 Å². The lowest BCUT2D eigenvalue weighted by Gasteiger charge is -2.33. The number of piperidine rings is 1. The van der Waals surface area contributed by atoms with Gasteiger partial charge in [0.25, 0.3) is 0 Å². The van der Waals surface area contributed by atoms with Gasteiger partial charge in [-0.1, -0.05) is 6.07 Å². The third-order valence-corrected chi connectivity index (χ3v) is 4.69. The van der Waals surface area contributed by atoms with Crippen LogP contribution in [0.5, 0.6) is 0 Å². The van der Waals surface area contributed by atoms with Crippen LogP contribution in [0.15, 0.2) is 30.9 Å². The van der Waals surface area contributed by atoms with Gasteiger partial charge < -0.3 is 15.2 Å². The van der Waals surface area contributed by atoms with Gasteiger partial charge in [-0.15, -0.1) is 0 Å². The second-order valence-corrected chi connectivity index (χ2v) is 6.62. The lowest BCUT2D eigenvalue weighted by molar-refractivity contribution is -0.125.